The van der Waals surface area contributed by atoms with E-state index in [4.69, 9.17) is 0 Å². The highest BCUT2D eigenvalue weighted by atomic mass is 19.4. The van der Waals surface area contributed by atoms with E-state index >= 15 is 0 Å². The molecule has 4 aromatic rings. The molecule has 0 aliphatic heterocycles. The molecule has 0 saturated carbocycles. The summed E-state index contributed by atoms with van der Waals surface area (Å²) in [6.07, 6.45) is -4.20. The number of nitrogens with zero attached hydrogens (tertiary/aromatic N) is 5. The van der Waals surface area contributed by atoms with Gasteiger partial charge in [0.1, 0.15) is 5.82 Å². The van der Waals surface area contributed by atoms with Crippen LogP contribution in [0.15, 0.2) is 54.6 Å². The normalized spacial score (nSPS) is 11.5. The van der Waals surface area contributed by atoms with Gasteiger partial charge in [0.05, 0.1) is 0 Å². The Morgan fingerprint density at radius 3 is 2.35 bits per heavy atom. The van der Waals surface area contributed by atoms with Crippen LogP contribution in [0.3, 0.4) is 0 Å². The predicted octanol–water partition coefficient (Wildman–Crippen LogP) is 4.52. The van der Waals surface area contributed by atoms with E-state index in [1.807, 2.05) is 48.5 Å². The first kappa shape index (κ1) is 20.5. The van der Waals surface area contributed by atoms with Crippen LogP contribution in [0.1, 0.15) is 24.0 Å². The van der Waals surface area contributed by atoms with Gasteiger partial charge in [-0.15, -0.1) is 5.10 Å². The molecule has 2 heterocycles. The van der Waals surface area contributed by atoms with Crippen molar-refractivity contribution in [2.24, 2.45) is 0 Å². The number of nitrogens with one attached hydrogen (secondary N) is 2. The van der Waals surface area contributed by atoms with Gasteiger partial charge in [-0.2, -0.15) is 13.2 Å². The van der Waals surface area contributed by atoms with Gasteiger partial charge in [-0.25, -0.2) is 15.1 Å². The van der Waals surface area contributed by atoms with E-state index in [1.54, 1.807) is 6.92 Å². The molecular weight excluding hydrogens is 407 g/mol. The summed E-state index contributed by atoms with van der Waals surface area (Å²) in [5.74, 6) is -0.424. The molecule has 7 nitrogen and oxygen atoms in total. The number of alkyl halides is 3. The monoisotopic (exact) mass is 425 g/mol. The van der Waals surface area contributed by atoms with Gasteiger partial charge in [0, 0.05) is 23.9 Å². The molecule has 0 unspecified atom stereocenters. The van der Waals surface area contributed by atoms with Gasteiger partial charge >= 0.3 is 6.18 Å². The zero-order chi connectivity index (χ0) is 21.8. The Labute approximate surface area is 175 Å². The summed E-state index contributed by atoms with van der Waals surface area (Å²) in [6, 6.07) is 17.0. The maximum absolute atomic E-state index is 13.0. The van der Waals surface area contributed by atoms with Gasteiger partial charge in [0.2, 0.25) is 5.82 Å². The molecule has 0 aliphatic rings. The first-order chi connectivity index (χ1) is 14.9. The molecule has 0 spiro atoms. The number of aromatic nitrogens is 6. The Bertz CT molecular complexity index is 1160. The number of tetrazole rings is 1. The molecule has 0 atom stereocenters. The van der Waals surface area contributed by atoms with Crippen molar-refractivity contribution < 1.29 is 13.2 Å². The number of hydrogen-bond acceptors (Lipinski definition) is 6. The fraction of sp³-hybridized carbons (Fsp3) is 0.190. The lowest BCUT2D eigenvalue weighted by Crippen LogP contribution is -2.14. The maximum Gasteiger partial charge on any atom is 0.451 e. The van der Waals surface area contributed by atoms with Gasteiger partial charge in [-0.05, 0) is 33.5 Å². The maximum atomic E-state index is 13.0. The number of aryl methyl sites for hydroxylation is 1. The van der Waals surface area contributed by atoms with Crippen LogP contribution in [0.4, 0.5) is 19.0 Å². The third-order valence-corrected chi connectivity index (χ3v) is 4.66. The lowest BCUT2D eigenvalue weighted by molar-refractivity contribution is -0.145. The highest BCUT2D eigenvalue weighted by Gasteiger charge is 2.35. The van der Waals surface area contributed by atoms with Crippen LogP contribution in [0.5, 0.6) is 0 Å². The smallest absolute Gasteiger partial charge is 0.366 e. The molecule has 2 N–H and O–H groups in total. The van der Waals surface area contributed by atoms with Crippen molar-refractivity contribution in [1.29, 1.82) is 0 Å². The Morgan fingerprint density at radius 2 is 1.71 bits per heavy atom. The number of anilines is 1. The Morgan fingerprint density at radius 1 is 0.968 bits per heavy atom. The summed E-state index contributed by atoms with van der Waals surface area (Å²) in [4.78, 5) is 7.16. The second kappa shape index (κ2) is 8.50. The van der Waals surface area contributed by atoms with Crippen LogP contribution < -0.4 is 5.32 Å². The molecule has 0 radical (unpaired) electrons. The quantitative estimate of drug-likeness (QED) is 0.472. The van der Waals surface area contributed by atoms with Gasteiger partial charge < -0.3 is 5.32 Å². The molecule has 31 heavy (non-hydrogen) atoms. The fourth-order valence-electron chi connectivity index (χ4n) is 3.11. The van der Waals surface area contributed by atoms with Gasteiger partial charge in [-0.3, -0.25) is 0 Å². The Kier molecular flexibility index (Phi) is 5.61. The Hall–Kier alpha value is -3.82. The van der Waals surface area contributed by atoms with Crippen LogP contribution >= 0.6 is 0 Å². The Balaban J connectivity index is 1.52. The molecule has 0 bridgehead atoms. The van der Waals surface area contributed by atoms with Crippen LogP contribution in [0.25, 0.3) is 22.5 Å². The lowest BCUT2D eigenvalue weighted by atomic mass is 9.98. The van der Waals surface area contributed by atoms with Crippen molar-refractivity contribution in [1.82, 2.24) is 30.6 Å². The second-order valence-electron chi connectivity index (χ2n) is 6.77. The zero-order valence-electron chi connectivity index (χ0n) is 16.5. The van der Waals surface area contributed by atoms with E-state index < -0.39 is 12.0 Å². The summed E-state index contributed by atoms with van der Waals surface area (Å²) in [5.41, 5.74) is 4.02. The summed E-state index contributed by atoms with van der Waals surface area (Å²) in [5, 5.41) is 16.9. The summed E-state index contributed by atoms with van der Waals surface area (Å²) < 4.78 is 39.1. The van der Waals surface area contributed by atoms with Crippen LogP contribution in [-0.4, -0.2) is 30.6 Å². The van der Waals surface area contributed by atoms with Crippen molar-refractivity contribution in [3.05, 3.63) is 71.7 Å². The van der Waals surface area contributed by atoms with Crippen LogP contribution in [-0.2, 0) is 19.1 Å². The standard InChI is InChI=1S/C21H18F3N7/c1-2-15-11-18(27-20(26-15)21(22,23)24)25-12-13-7-9-14(10-8-13)16-5-3-4-6-17(16)19-28-30-31-29-19/h3-11H,2,12H2,1H3,(H,25,26,27)(H,28,29,30,31). The van der Waals surface area contributed by atoms with E-state index in [0.717, 1.165) is 22.3 Å². The molecule has 0 aliphatic carbocycles. The molecule has 0 amide bonds. The molecule has 158 valence electrons. The van der Waals surface area contributed by atoms with Crippen molar-refractivity contribution in [3.63, 3.8) is 0 Å². The first-order valence-electron chi connectivity index (χ1n) is 9.55. The summed E-state index contributed by atoms with van der Waals surface area (Å²) in [6.45, 7) is 2.07. The van der Waals surface area contributed by atoms with Crippen molar-refractivity contribution >= 4 is 5.82 Å². The summed E-state index contributed by atoms with van der Waals surface area (Å²) >= 11 is 0. The van der Waals surface area contributed by atoms with Crippen molar-refractivity contribution in [2.45, 2.75) is 26.1 Å². The van der Waals surface area contributed by atoms with E-state index in [1.165, 1.54) is 6.07 Å². The number of hydrogen-bond donors (Lipinski definition) is 2. The van der Waals surface area contributed by atoms with E-state index in [2.05, 4.69) is 35.9 Å². The largest absolute Gasteiger partial charge is 0.451 e. The number of H-pyrrole nitrogens is 1. The fourth-order valence-corrected chi connectivity index (χ4v) is 3.11. The molecule has 2 aromatic heterocycles. The number of benzene rings is 2. The SMILES string of the molecule is CCc1cc(NCc2ccc(-c3ccccc3-c3nnn[nH]3)cc2)nc(C(F)(F)F)n1. The minimum atomic E-state index is -4.59. The molecule has 4 rings (SSSR count). The zero-order valence-corrected chi connectivity index (χ0v) is 16.5. The lowest BCUT2D eigenvalue weighted by Gasteiger charge is -2.12. The average molecular weight is 425 g/mol. The van der Waals surface area contributed by atoms with E-state index in [9.17, 15) is 13.2 Å². The third-order valence-electron chi connectivity index (χ3n) is 4.66. The minimum Gasteiger partial charge on any atom is -0.366 e. The van der Waals surface area contributed by atoms with E-state index in [-0.39, 0.29) is 5.82 Å². The van der Waals surface area contributed by atoms with Gasteiger partial charge in [0.25, 0.3) is 0 Å². The van der Waals surface area contributed by atoms with Crippen LogP contribution in [0, 0.1) is 0 Å². The second-order valence-corrected chi connectivity index (χ2v) is 6.77. The van der Waals surface area contributed by atoms with E-state index in [0.29, 0.717) is 24.5 Å². The average Bonchev–Trinajstić information content (AvgIpc) is 3.32. The highest BCUT2D eigenvalue weighted by Crippen LogP contribution is 2.30. The first-order valence-corrected chi connectivity index (χ1v) is 9.55. The van der Waals surface area contributed by atoms with Crippen molar-refractivity contribution in [3.8, 4) is 22.5 Å². The topological polar surface area (TPSA) is 92.3 Å². The molecular formula is C21H18F3N7. The molecule has 0 saturated heterocycles. The number of aromatic amines is 1. The molecule has 0 fully saturated rings. The summed E-state index contributed by atoms with van der Waals surface area (Å²) in [7, 11) is 0. The number of halogens is 3. The predicted molar refractivity (Wildman–Crippen MR) is 109 cm³/mol. The molecule has 2 aromatic carbocycles. The minimum absolute atomic E-state index is 0.145. The molecule has 10 heteroatoms. The van der Waals surface area contributed by atoms with Crippen molar-refractivity contribution in [2.75, 3.05) is 5.32 Å². The highest BCUT2D eigenvalue weighted by molar-refractivity contribution is 5.80. The third kappa shape index (κ3) is 4.68. The van der Waals surface area contributed by atoms with Gasteiger partial charge in [-0.1, -0.05) is 55.5 Å². The van der Waals surface area contributed by atoms with Crippen LogP contribution in [0.2, 0.25) is 0 Å². The number of rotatable bonds is 6. The van der Waals surface area contributed by atoms with Gasteiger partial charge in [0.15, 0.2) is 5.82 Å².